The zero-order chi connectivity index (χ0) is 21.2. The lowest BCUT2D eigenvalue weighted by Gasteiger charge is -2.15. The average molecular weight is 418 g/mol. The number of esters is 1. The fourth-order valence-corrected chi connectivity index (χ4v) is 2.77. The molecule has 0 aliphatic rings. The van der Waals surface area contributed by atoms with Crippen molar-refractivity contribution in [2.75, 3.05) is 20.3 Å². The van der Waals surface area contributed by atoms with Crippen molar-refractivity contribution >= 4 is 29.6 Å². The van der Waals surface area contributed by atoms with Gasteiger partial charge in [0.25, 0.3) is 5.91 Å². The monoisotopic (exact) mass is 417 g/mol. The highest BCUT2D eigenvalue weighted by atomic mass is 35.5. The van der Waals surface area contributed by atoms with E-state index in [2.05, 4.69) is 5.32 Å². The van der Waals surface area contributed by atoms with Crippen molar-refractivity contribution in [3.05, 3.63) is 64.7 Å². The number of hydrogen-bond acceptors (Lipinski definition) is 5. The van der Waals surface area contributed by atoms with Crippen LogP contribution in [0.3, 0.4) is 0 Å². The molecule has 2 rings (SSSR count). The summed E-state index contributed by atoms with van der Waals surface area (Å²) in [6, 6.07) is 12.3. The molecule has 0 heterocycles. The van der Waals surface area contributed by atoms with Crippen LogP contribution in [0.15, 0.2) is 48.5 Å². The summed E-state index contributed by atoms with van der Waals surface area (Å²) in [5, 5.41) is 3.33. The molecule has 1 N–H and O–H groups in total. The van der Waals surface area contributed by atoms with E-state index < -0.39 is 18.5 Å². The molecule has 0 bridgehead atoms. The van der Waals surface area contributed by atoms with Crippen LogP contribution in [-0.2, 0) is 14.3 Å². The number of allylic oxidation sites excluding steroid dienone is 1. The van der Waals surface area contributed by atoms with Crippen LogP contribution in [0.1, 0.15) is 31.0 Å². The van der Waals surface area contributed by atoms with Gasteiger partial charge in [0.2, 0.25) is 0 Å². The Balaban J connectivity index is 1.80. The lowest BCUT2D eigenvalue weighted by molar-refractivity contribution is -0.150. The Morgan fingerprint density at radius 1 is 1.14 bits per heavy atom. The third-order valence-corrected chi connectivity index (χ3v) is 4.22. The lowest BCUT2D eigenvalue weighted by Crippen LogP contribution is -2.32. The van der Waals surface area contributed by atoms with Crippen LogP contribution in [-0.4, -0.2) is 32.2 Å². The van der Waals surface area contributed by atoms with Crippen LogP contribution in [0, 0.1) is 0 Å². The van der Waals surface area contributed by atoms with E-state index in [1.165, 1.54) is 7.11 Å². The Bertz CT molecular complexity index is 881. The minimum absolute atomic E-state index is 0.268. The van der Waals surface area contributed by atoms with Crippen molar-refractivity contribution in [1.82, 2.24) is 5.32 Å². The quantitative estimate of drug-likeness (QED) is 0.619. The SMILES string of the molecule is C/C=C/c1ccc(OCC(=O)OCC(=O)N[C@@H](C)c2cccc(Cl)c2)c(OC)c1. The molecule has 0 unspecified atom stereocenters. The van der Waals surface area contributed by atoms with E-state index in [0.717, 1.165) is 11.1 Å². The predicted molar refractivity (Wildman–Crippen MR) is 112 cm³/mol. The first-order valence-corrected chi connectivity index (χ1v) is 9.44. The molecule has 29 heavy (non-hydrogen) atoms. The molecule has 0 fully saturated rings. The zero-order valence-corrected chi connectivity index (χ0v) is 17.4. The van der Waals surface area contributed by atoms with Crippen molar-refractivity contribution in [2.45, 2.75) is 19.9 Å². The predicted octanol–water partition coefficient (Wildman–Crippen LogP) is 4.18. The van der Waals surface area contributed by atoms with Crippen LogP contribution in [0.4, 0.5) is 0 Å². The summed E-state index contributed by atoms with van der Waals surface area (Å²) in [6.45, 7) is 3.00. The number of halogens is 1. The number of ether oxygens (including phenoxy) is 3. The molecule has 0 spiro atoms. The highest BCUT2D eigenvalue weighted by Gasteiger charge is 2.13. The molecule has 6 nitrogen and oxygen atoms in total. The lowest BCUT2D eigenvalue weighted by atomic mass is 10.1. The first-order chi connectivity index (χ1) is 13.9. The van der Waals surface area contributed by atoms with Gasteiger partial charge in [0, 0.05) is 5.02 Å². The van der Waals surface area contributed by atoms with E-state index in [4.69, 9.17) is 25.8 Å². The first-order valence-electron chi connectivity index (χ1n) is 9.07. The number of methoxy groups -OCH3 is 1. The molecule has 0 aromatic heterocycles. The Kier molecular flexibility index (Phi) is 8.55. The summed E-state index contributed by atoms with van der Waals surface area (Å²) < 4.78 is 15.7. The van der Waals surface area contributed by atoms with Gasteiger partial charge < -0.3 is 19.5 Å². The van der Waals surface area contributed by atoms with Gasteiger partial charge in [-0.25, -0.2) is 4.79 Å². The van der Waals surface area contributed by atoms with Gasteiger partial charge in [0.05, 0.1) is 13.2 Å². The zero-order valence-electron chi connectivity index (χ0n) is 16.6. The largest absolute Gasteiger partial charge is 0.493 e. The van der Waals surface area contributed by atoms with Gasteiger partial charge in [-0.15, -0.1) is 0 Å². The van der Waals surface area contributed by atoms with E-state index in [1.54, 1.807) is 30.3 Å². The molecule has 7 heteroatoms. The van der Waals surface area contributed by atoms with Gasteiger partial charge in [-0.3, -0.25) is 4.79 Å². The second-order valence-electron chi connectivity index (χ2n) is 6.20. The Hall–Kier alpha value is -2.99. The summed E-state index contributed by atoms with van der Waals surface area (Å²) in [5.41, 5.74) is 1.80. The molecule has 0 saturated heterocycles. The molecule has 0 radical (unpaired) electrons. The highest BCUT2D eigenvalue weighted by Crippen LogP contribution is 2.28. The molecule has 2 aromatic carbocycles. The molecule has 0 aliphatic heterocycles. The smallest absolute Gasteiger partial charge is 0.344 e. The number of benzene rings is 2. The van der Waals surface area contributed by atoms with E-state index in [-0.39, 0.29) is 12.6 Å². The fraction of sp³-hybridized carbons (Fsp3) is 0.273. The van der Waals surface area contributed by atoms with Crippen LogP contribution in [0.5, 0.6) is 11.5 Å². The molecule has 1 atom stereocenters. The first kappa shape index (κ1) is 22.3. The molecular weight excluding hydrogens is 394 g/mol. The Morgan fingerprint density at radius 2 is 1.93 bits per heavy atom. The summed E-state index contributed by atoms with van der Waals surface area (Å²) in [7, 11) is 1.52. The standard InChI is InChI=1S/C22H24ClNO5/c1-4-6-16-9-10-19(20(11-16)27-3)28-14-22(26)29-13-21(25)24-15(2)17-7-5-8-18(23)12-17/h4-12,15H,13-14H2,1-3H3,(H,24,25)/b6-4+/t15-/m0/s1. The van der Waals surface area contributed by atoms with E-state index in [1.807, 2.05) is 38.1 Å². The van der Waals surface area contributed by atoms with Crippen molar-refractivity contribution in [3.63, 3.8) is 0 Å². The van der Waals surface area contributed by atoms with E-state index in [0.29, 0.717) is 16.5 Å². The number of nitrogens with one attached hydrogen (secondary N) is 1. The van der Waals surface area contributed by atoms with Crippen LogP contribution >= 0.6 is 11.6 Å². The normalized spacial score (nSPS) is 11.7. The number of carbonyl (C=O) groups is 2. The third kappa shape index (κ3) is 7.16. The number of amides is 1. The maximum Gasteiger partial charge on any atom is 0.344 e. The van der Waals surface area contributed by atoms with Crippen molar-refractivity contribution in [1.29, 1.82) is 0 Å². The number of carbonyl (C=O) groups excluding carboxylic acids is 2. The van der Waals surface area contributed by atoms with E-state index >= 15 is 0 Å². The Labute approximate surface area is 175 Å². The second-order valence-corrected chi connectivity index (χ2v) is 6.64. The van der Waals surface area contributed by atoms with Crippen LogP contribution < -0.4 is 14.8 Å². The van der Waals surface area contributed by atoms with Gasteiger partial charge >= 0.3 is 5.97 Å². The second kappa shape index (κ2) is 11.1. The molecule has 0 saturated carbocycles. The molecule has 0 aliphatic carbocycles. The maximum absolute atomic E-state index is 12.0. The van der Waals surface area contributed by atoms with E-state index in [9.17, 15) is 9.59 Å². The van der Waals surface area contributed by atoms with Crippen molar-refractivity contribution < 1.29 is 23.8 Å². The van der Waals surface area contributed by atoms with Gasteiger partial charge in [-0.2, -0.15) is 0 Å². The average Bonchev–Trinajstić information content (AvgIpc) is 2.71. The van der Waals surface area contributed by atoms with Gasteiger partial charge in [0.15, 0.2) is 24.7 Å². The summed E-state index contributed by atoms with van der Waals surface area (Å²) in [5.74, 6) is -0.160. The van der Waals surface area contributed by atoms with Gasteiger partial charge in [0.1, 0.15) is 0 Å². The molecule has 1 amide bonds. The topological polar surface area (TPSA) is 73.9 Å². The third-order valence-electron chi connectivity index (χ3n) is 3.98. The molecular formula is C22H24ClNO5. The maximum atomic E-state index is 12.0. The molecule has 154 valence electrons. The number of hydrogen-bond donors (Lipinski definition) is 1. The highest BCUT2D eigenvalue weighted by molar-refractivity contribution is 6.30. The number of rotatable bonds is 9. The fourth-order valence-electron chi connectivity index (χ4n) is 2.57. The summed E-state index contributed by atoms with van der Waals surface area (Å²) >= 11 is 5.95. The summed E-state index contributed by atoms with van der Waals surface area (Å²) in [4.78, 5) is 23.9. The van der Waals surface area contributed by atoms with Crippen LogP contribution in [0.25, 0.3) is 6.08 Å². The van der Waals surface area contributed by atoms with Crippen molar-refractivity contribution in [3.8, 4) is 11.5 Å². The van der Waals surface area contributed by atoms with Crippen molar-refractivity contribution in [2.24, 2.45) is 0 Å². The van der Waals surface area contributed by atoms with Gasteiger partial charge in [-0.1, -0.05) is 42.0 Å². The molecule has 2 aromatic rings. The minimum Gasteiger partial charge on any atom is -0.493 e. The van der Waals surface area contributed by atoms with Crippen LogP contribution in [0.2, 0.25) is 5.02 Å². The van der Waals surface area contributed by atoms with Gasteiger partial charge in [-0.05, 0) is 49.2 Å². The summed E-state index contributed by atoms with van der Waals surface area (Å²) in [6.07, 6.45) is 3.83. The minimum atomic E-state index is -0.657. The Morgan fingerprint density at radius 3 is 2.62 bits per heavy atom.